The molecule has 10 heteroatoms. The molecule has 48 heavy (non-hydrogen) atoms. The third-order valence-electron chi connectivity index (χ3n) is 8.67. The van der Waals surface area contributed by atoms with Crippen LogP contribution in [-0.2, 0) is 14.8 Å². The van der Waals surface area contributed by atoms with E-state index in [1.807, 2.05) is 37.3 Å². The number of carbonyl (C=O) groups is 1. The van der Waals surface area contributed by atoms with Crippen molar-refractivity contribution in [3.8, 4) is 17.2 Å². The van der Waals surface area contributed by atoms with Gasteiger partial charge in [-0.2, -0.15) is 0 Å². The Morgan fingerprint density at radius 3 is 2.12 bits per heavy atom. The first-order chi connectivity index (χ1) is 23.1. The number of fused-ring (bicyclic) bond motifs is 3. The molecule has 1 aliphatic carbocycles. The molecule has 0 amide bonds. The topological polar surface area (TPSA) is 93.1 Å². The van der Waals surface area contributed by atoms with Crippen molar-refractivity contribution in [1.82, 2.24) is 3.97 Å². The highest BCUT2D eigenvalue weighted by atomic mass is 79.9. The van der Waals surface area contributed by atoms with Gasteiger partial charge in [-0.05, 0) is 85.5 Å². The Balaban J connectivity index is 1.71. The van der Waals surface area contributed by atoms with Crippen LogP contribution in [0.15, 0.2) is 99.9 Å². The van der Waals surface area contributed by atoms with Gasteiger partial charge in [0, 0.05) is 21.3 Å². The molecule has 0 aliphatic heterocycles. The Hall–Kier alpha value is -4.54. The molecule has 1 atom stereocenters. The molecular weight excluding hydrogens is 694 g/mol. The minimum absolute atomic E-state index is 0.126. The molecule has 0 spiro atoms. The average Bonchev–Trinajstić information content (AvgIpc) is 3.59. The first kappa shape index (κ1) is 33.4. The fourth-order valence-electron chi connectivity index (χ4n) is 6.38. The van der Waals surface area contributed by atoms with Crippen molar-refractivity contribution in [2.75, 3.05) is 21.3 Å². The fourth-order valence-corrected chi connectivity index (χ4v) is 8.17. The molecule has 1 heterocycles. The number of unbranched alkanes of at least 4 members (excludes halogenated alkanes) is 1. The molecule has 0 fully saturated rings. The summed E-state index contributed by atoms with van der Waals surface area (Å²) in [5, 5.41) is 0.727. The number of carbonyl (C=O) groups excluding carboxylic acids is 1. The molecule has 0 N–H and O–H groups in total. The summed E-state index contributed by atoms with van der Waals surface area (Å²) >= 11 is 3.43. The third kappa shape index (κ3) is 5.77. The molecule has 1 aliphatic rings. The summed E-state index contributed by atoms with van der Waals surface area (Å²) in [5.74, 6) is 0.503. The normalized spacial score (nSPS) is 14.2. The summed E-state index contributed by atoms with van der Waals surface area (Å²) in [6.07, 6.45) is 2.20. The second-order valence-electron chi connectivity index (χ2n) is 11.6. The van der Waals surface area contributed by atoms with Crippen LogP contribution in [0.2, 0.25) is 0 Å². The third-order valence-corrected chi connectivity index (χ3v) is 10.9. The van der Waals surface area contributed by atoms with E-state index in [2.05, 4.69) is 22.9 Å². The number of aromatic nitrogens is 1. The van der Waals surface area contributed by atoms with Gasteiger partial charge in [-0.1, -0.05) is 65.2 Å². The quantitative estimate of drug-likeness (QED) is 0.125. The molecule has 0 saturated carbocycles. The van der Waals surface area contributed by atoms with Gasteiger partial charge in [0.25, 0.3) is 10.0 Å². The van der Waals surface area contributed by atoms with Gasteiger partial charge >= 0.3 is 5.97 Å². The highest BCUT2D eigenvalue weighted by Gasteiger charge is 2.43. The molecule has 0 radical (unpaired) electrons. The van der Waals surface area contributed by atoms with Crippen LogP contribution < -0.4 is 14.2 Å². The molecule has 1 unspecified atom stereocenters. The van der Waals surface area contributed by atoms with Gasteiger partial charge in [-0.25, -0.2) is 17.2 Å². The lowest BCUT2D eigenvalue weighted by Gasteiger charge is -2.21. The van der Waals surface area contributed by atoms with Crippen LogP contribution in [0.3, 0.4) is 0 Å². The number of aryl methyl sites for hydroxylation is 1. The second-order valence-corrected chi connectivity index (χ2v) is 14.3. The van der Waals surface area contributed by atoms with Gasteiger partial charge < -0.3 is 18.9 Å². The zero-order valence-electron chi connectivity index (χ0n) is 27.4. The Kier molecular flexibility index (Phi) is 9.40. The van der Waals surface area contributed by atoms with Crippen LogP contribution in [0.4, 0.5) is 0 Å². The predicted octanol–water partition coefficient (Wildman–Crippen LogP) is 8.88. The molecule has 0 saturated heterocycles. The zero-order valence-corrected chi connectivity index (χ0v) is 29.8. The number of para-hydroxylation sites is 1. The Morgan fingerprint density at radius 2 is 1.52 bits per heavy atom. The molecule has 6 rings (SSSR count). The van der Waals surface area contributed by atoms with E-state index < -0.39 is 21.9 Å². The van der Waals surface area contributed by atoms with Gasteiger partial charge in [0.15, 0.2) is 17.3 Å². The maximum Gasteiger partial charge on any atom is 0.343 e. The van der Waals surface area contributed by atoms with E-state index in [-0.39, 0.29) is 10.7 Å². The Labute approximate surface area is 289 Å². The lowest BCUT2D eigenvalue weighted by Crippen LogP contribution is -2.17. The summed E-state index contributed by atoms with van der Waals surface area (Å²) in [4.78, 5) is 14.0. The summed E-state index contributed by atoms with van der Waals surface area (Å²) in [5.41, 5.74) is 4.37. The van der Waals surface area contributed by atoms with Gasteiger partial charge in [0.05, 0.1) is 37.3 Å². The molecule has 5 aromatic rings. The Bertz CT molecular complexity index is 2130. The fraction of sp³-hybridized carbons (Fsp3) is 0.237. The zero-order chi connectivity index (χ0) is 34.2. The van der Waals surface area contributed by atoms with Crippen molar-refractivity contribution in [2.24, 2.45) is 0 Å². The number of allylic oxidation sites excluding steroid dienone is 1. The molecule has 8 nitrogen and oxygen atoms in total. The van der Waals surface area contributed by atoms with Crippen molar-refractivity contribution in [3.63, 3.8) is 0 Å². The van der Waals surface area contributed by atoms with Crippen LogP contribution in [0.5, 0.6) is 17.2 Å². The van der Waals surface area contributed by atoms with Gasteiger partial charge in [-0.15, -0.1) is 0 Å². The first-order valence-electron chi connectivity index (χ1n) is 15.6. The van der Waals surface area contributed by atoms with Crippen molar-refractivity contribution < 1.29 is 32.2 Å². The standard InChI is InChI=1S/C38H36BrNO7S/c1-6-7-10-29-33(25-21-31(44-3)37(46-5)32(22-25)45-4)34-28-11-8-9-12-30(28)40(48(42,43)27-19-13-23(2)14-20-27)35(34)36(29)47-38(41)24-15-17-26(39)18-16-24/h8-9,11-22,33H,6-7,10H2,1-5H3. The van der Waals surface area contributed by atoms with Crippen molar-refractivity contribution >= 4 is 48.6 Å². The van der Waals surface area contributed by atoms with E-state index in [1.54, 1.807) is 75.9 Å². The molecule has 1 aromatic heterocycles. The van der Waals surface area contributed by atoms with E-state index in [0.29, 0.717) is 40.4 Å². The molecule has 4 aromatic carbocycles. The van der Waals surface area contributed by atoms with E-state index in [1.165, 1.54) is 3.97 Å². The first-order valence-corrected chi connectivity index (χ1v) is 17.8. The predicted molar refractivity (Wildman–Crippen MR) is 190 cm³/mol. The number of benzene rings is 4. The Morgan fingerprint density at radius 1 is 0.875 bits per heavy atom. The van der Waals surface area contributed by atoms with Gasteiger partial charge in [0.2, 0.25) is 5.75 Å². The number of nitrogens with zero attached hydrogens (tertiary/aromatic N) is 1. The lowest BCUT2D eigenvalue weighted by atomic mass is 9.85. The van der Waals surface area contributed by atoms with E-state index in [0.717, 1.165) is 45.0 Å². The summed E-state index contributed by atoms with van der Waals surface area (Å²) in [6.45, 7) is 3.99. The molecule has 0 bridgehead atoms. The minimum Gasteiger partial charge on any atom is -0.493 e. The molecule has 248 valence electrons. The number of hydrogen-bond acceptors (Lipinski definition) is 7. The lowest BCUT2D eigenvalue weighted by molar-refractivity contribution is 0.0689. The van der Waals surface area contributed by atoms with E-state index in [4.69, 9.17) is 18.9 Å². The number of hydrogen-bond donors (Lipinski definition) is 0. The smallest absolute Gasteiger partial charge is 0.343 e. The average molecular weight is 731 g/mol. The van der Waals surface area contributed by atoms with Crippen LogP contribution in [-0.4, -0.2) is 39.7 Å². The van der Waals surface area contributed by atoms with Crippen LogP contribution >= 0.6 is 15.9 Å². The van der Waals surface area contributed by atoms with E-state index >= 15 is 0 Å². The maximum absolute atomic E-state index is 14.7. The van der Waals surface area contributed by atoms with Gasteiger partial charge in [0.1, 0.15) is 5.69 Å². The SMILES string of the molecule is CCCCC1=C(OC(=O)c2ccc(Br)cc2)c2c(c3ccccc3n2S(=O)(=O)c2ccc(C)cc2)C1c1cc(OC)c(OC)c(OC)c1. The summed E-state index contributed by atoms with van der Waals surface area (Å²) in [6, 6.07) is 24.8. The van der Waals surface area contributed by atoms with Gasteiger partial charge in [-0.3, -0.25) is 0 Å². The van der Waals surface area contributed by atoms with Crippen molar-refractivity contribution in [3.05, 3.63) is 123 Å². The van der Waals surface area contributed by atoms with E-state index in [9.17, 15) is 13.2 Å². The van der Waals surface area contributed by atoms with Crippen molar-refractivity contribution in [1.29, 1.82) is 0 Å². The van der Waals surface area contributed by atoms with Crippen LogP contribution in [0.1, 0.15) is 64.8 Å². The summed E-state index contributed by atoms with van der Waals surface area (Å²) < 4.78 is 55.0. The largest absolute Gasteiger partial charge is 0.493 e. The second kappa shape index (κ2) is 13.5. The van der Waals surface area contributed by atoms with Crippen LogP contribution in [0.25, 0.3) is 16.7 Å². The number of halogens is 1. The van der Waals surface area contributed by atoms with Crippen molar-refractivity contribution in [2.45, 2.75) is 43.9 Å². The number of rotatable bonds is 11. The monoisotopic (exact) mass is 729 g/mol. The maximum atomic E-state index is 14.7. The number of ether oxygens (including phenoxy) is 4. The minimum atomic E-state index is -4.17. The molecular formula is C38H36BrNO7S. The number of methoxy groups -OCH3 is 3. The van der Waals surface area contributed by atoms with Crippen LogP contribution in [0, 0.1) is 6.92 Å². The highest BCUT2D eigenvalue weighted by Crippen LogP contribution is 2.54. The highest BCUT2D eigenvalue weighted by molar-refractivity contribution is 9.10. The summed E-state index contributed by atoms with van der Waals surface area (Å²) in [7, 11) is 0.484. The number of esters is 1.